The molecule has 1 N–H and O–H groups in total. The van der Waals surface area contributed by atoms with Gasteiger partial charge in [0.25, 0.3) is 0 Å². The van der Waals surface area contributed by atoms with Crippen LogP contribution < -0.4 is 5.32 Å². The molecule has 0 aromatic heterocycles. The van der Waals surface area contributed by atoms with Gasteiger partial charge in [-0.3, -0.25) is 4.90 Å². The Morgan fingerprint density at radius 2 is 2.50 bits per heavy atom. The lowest BCUT2D eigenvalue weighted by Crippen LogP contribution is -2.50. The van der Waals surface area contributed by atoms with Crippen molar-refractivity contribution in [3.05, 3.63) is 0 Å². The van der Waals surface area contributed by atoms with Crippen LogP contribution in [0.4, 0.5) is 0 Å². The Morgan fingerprint density at radius 3 is 3.17 bits per heavy atom. The van der Waals surface area contributed by atoms with Gasteiger partial charge in [-0.15, -0.1) is 5.92 Å². The highest BCUT2D eigenvalue weighted by molar-refractivity contribution is 5.03. The van der Waals surface area contributed by atoms with Crippen LogP contribution in [0.3, 0.4) is 0 Å². The molecule has 1 unspecified atom stereocenters. The van der Waals surface area contributed by atoms with E-state index in [1.165, 1.54) is 0 Å². The highest BCUT2D eigenvalue weighted by atomic mass is 15.2. The van der Waals surface area contributed by atoms with Gasteiger partial charge in [0.15, 0.2) is 0 Å². The molecule has 0 aromatic carbocycles. The van der Waals surface area contributed by atoms with E-state index in [9.17, 15) is 0 Å². The molecule has 3 heteroatoms. The Kier molecular flexibility index (Phi) is 3.60. The third-order valence-electron chi connectivity index (χ3n) is 1.96. The molecule has 1 fully saturated rings. The average molecular weight is 163 g/mol. The summed E-state index contributed by atoms with van der Waals surface area (Å²) in [6.07, 6.45) is 0. The molecule has 0 radical (unpaired) electrons. The normalized spacial score (nSPS) is 23.8. The summed E-state index contributed by atoms with van der Waals surface area (Å²) in [4.78, 5) is 2.10. The highest BCUT2D eigenvalue weighted by Crippen LogP contribution is 2.00. The minimum atomic E-state index is -0.000370. The molecular weight excluding hydrogens is 150 g/mol. The molecule has 0 bridgehead atoms. The quantitative estimate of drug-likeness (QED) is 0.544. The Labute approximate surface area is 73.4 Å². The number of rotatable bonds is 1. The fourth-order valence-corrected chi connectivity index (χ4v) is 1.24. The van der Waals surface area contributed by atoms with Gasteiger partial charge in [0.05, 0.1) is 12.6 Å². The van der Waals surface area contributed by atoms with E-state index < -0.39 is 0 Å². The Hall–Kier alpha value is -1.03. The van der Waals surface area contributed by atoms with Gasteiger partial charge in [-0.25, -0.2) is 0 Å². The SMILES string of the molecule is CC#CCN1CCNCC1C#N. The molecule has 1 heterocycles. The van der Waals surface area contributed by atoms with Gasteiger partial charge >= 0.3 is 0 Å². The summed E-state index contributed by atoms with van der Waals surface area (Å²) in [7, 11) is 0. The molecule has 1 rings (SSSR count). The van der Waals surface area contributed by atoms with E-state index in [4.69, 9.17) is 5.26 Å². The Balaban J connectivity index is 2.46. The summed E-state index contributed by atoms with van der Waals surface area (Å²) < 4.78 is 0. The summed E-state index contributed by atoms with van der Waals surface area (Å²) in [6, 6.07) is 2.26. The minimum Gasteiger partial charge on any atom is -0.313 e. The second kappa shape index (κ2) is 4.77. The van der Waals surface area contributed by atoms with Crippen LogP contribution in [0.15, 0.2) is 0 Å². The molecule has 1 saturated heterocycles. The van der Waals surface area contributed by atoms with Crippen molar-refractivity contribution in [2.24, 2.45) is 0 Å². The molecule has 0 saturated carbocycles. The van der Waals surface area contributed by atoms with Gasteiger partial charge in [0, 0.05) is 19.6 Å². The van der Waals surface area contributed by atoms with Crippen LogP contribution in [0.2, 0.25) is 0 Å². The van der Waals surface area contributed by atoms with E-state index in [1.807, 2.05) is 6.92 Å². The predicted octanol–water partition coefficient (Wildman–Crippen LogP) is -0.193. The van der Waals surface area contributed by atoms with Gasteiger partial charge in [0.1, 0.15) is 6.04 Å². The summed E-state index contributed by atoms with van der Waals surface area (Å²) in [5.41, 5.74) is 0. The molecule has 0 aromatic rings. The monoisotopic (exact) mass is 163 g/mol. The van der Waals surface area contributed by atoms with E-state index in [-0.39, 0.29) is 6.04 Å². The molecule has 1 atom stereocenters. The van der Waals surface area contributed by atoms with E-state index in [2.05, 4.69) is 28.1 Å². The highest BCUT2D eigenvalue weighted by Gasteiger charge is 2.19. The third kappa shape index (κ3) is 2.23. The Morgan fingerprint density at radius 1 is 1.67 bits per heavy atom. The largest absolute Gasteiger partial charge is 0.313 e. The van der Waals surface area contributed by atoms with Crippen LogP contribution >= 0.6 is 0 Å². The lowest BCUT2D eigenvalue weighted by atomic mass is 10.2. The molecule has 0 amide bonds. The second-order valence-corrected chi connectivity index (χ2v) is 2.75. The topological polar surface area (TPSA) is 39.1 Å². The number of nitrogens with zero attached hydrogens (tertiary/aromatic N) is 2. The lowest BCUT2D eigenvalue weighted by Gasteiger charge is -2.29. The molecule has 64 valence electrons. The maximum atomic E-state index is 8.78. The fraction of sp³-hybridized carbons (Fsp3) is 0.667. The van der Waals surface area contributed by atoms with Crippen LogP contribution in [0.1, 0.15) is 6.92 Å². The van der Waals surface area contributed by atoms with Gasteiger partial charge in [-0.2, -0.15) is 5.26 Å². The van der Waals surface area contributed by atoms with E-state index in [0.717, 1.165) is 26.2 Å². The van der Waals surface area contributed by atoms with E-state index >= 15 is 0 Å². The number of hydrogen-bond donors (Lipinski definition) is 1. The van der Waals surface area contributed by atoms with Gasteiger partial charge < -0.3 is 5.32 Å². The molecule has 0 spiro atoms. The molecule has 12 heavy (non-hydrogen) atoms. The lowest BCUT2D eigenvalue weighted by molar-refractivity contribution is 0.221. The predicted molar refractivity (Wildman–Crippen MR) is 47.3 cm³/mol. The van der Waals surface area contributed by atoms with Gasteiger partial charge in [-0.1, -0.05) is 5.92 Å². The smallest absolute Gasteiger partial charge is 0.111 e. The van der Waals surface area contributed by atoms with E-state index in [1.54, 1.807) is 0 Å². The number of nitrogens with one attached hydrogen (secondary N) is 1. The van der Waals surface area contributed by atoms with Crippen LogP contribution in [0.25, 0.3) is 0 Å². The summed E-state index contributed by atoms with van der Waals surface area (Å²) in [5, 5.41) is 12.0. The molecule has 0 aliphatic carbocycles. The first-order valence-corrected chi connectivity index (χ1v) is 4.12. The van der Waals surface area contributed by atoms with Crippen molar-refractivity contribution < 1.29 is 0 Å². The van der Waals surface area contributed by atoms with Gasteiger partial charge in [0.2, 0.25) is 0 Å². The third-order valence-corrected chi connectivity index (χ3v) is 1.96. The van der Waals surface area contributed by atoms with Crippen molar-refractivity contribution in [1.82, 2.24) is 10.2 Å². The van der Waals surface area contributed by atoms with Crippen LogP contribution in [-0.4, -0.2) is 37.1 Å². The minimum absolute atomic E-state index is 0.000370. The van der Waals surface area contributed by atoms with Gasteiger partial charge in [-0.05, 0) is 6.92 Å². The zero-order valence-corrected chi connectivity index (χ0v) is 7.30. The van der Waals surface area contributed by atoms with Crippen molar-refractivity contribution in [2.75, 3.05) is 26.2 Å². The average Bonchev–Trinajstić information content (AvgIpc) is 2.15. The standard InChI is InChI=1S/C9H13N3/c1-2-3-5-12-6-4-11-8-9(12)7-10/h9,11H,4-6,8H2,1H3. The van der Waals surface area contributed by atoms with Crippen LogP contribution in [0.5, 0.6) is 0 Å². The summed E-state index contributed by atoms with van der Waals surface area (Å²) in [5.74, 6) is 5.82. The van der Waals surface area contributed by atoms with Crippen molar-refractivity contribution >= 4 is 0 Å². The number of hydrogen-bond acceptors (Lipinski definition) is 3. The number of nitriles is 1. The Bertz CT molecular complexity index is 230. The fourth-order valence-electron chi connectivity index (χ4n) is 1.24. The van der Waals surface area contributed by atoms with Crippen LogP contribution in [-0.2, 0) is 0 Å². The maximum Gasteiger partial charge on any atom is 0.111 e. The van der Waals surface area contributed by atoms with Crippen molar-refractivity contribution in [1.29, 1.82) is 5.26 Å². The maximum absolute atomic E-state index is 8.78. The second-order valence-electron chi connectivity index (χ2n) is 2.75. The molecule has 1 aliphatic rings. The van der Waals surface area contributed by atoms with Crippen molar-refractivity contribution in [3.8, 4) is 17.9 Å². The zero-order valence-electron chi connectivity index (χ0n) is 7.30. The van der Waals surface area contributed by atoms with Crippen molar-refractivity contribution in [3.63, 3.8) is 0 Å². The zero-order chi connectivity index (χ0) is 8.81. The first kappa shape index (κ1) is 9.06. The first-order chi connectivity index (χ1) is 5.88. The first-order valence-electron chi connectivity index (χ1n) is 4.12. The summed E-state index contributed by atoms with van der Waals surface area (Å²) in [6.45, 7) is 5.19. The van der Waals surface area contributed by atoms with E-state index in [0.29, 0.717) is 0 Å². The molecule has 3 nitrogen and oxygen atoms in total. The molecular formula is C9H13N3. The summed E-state index contributed by atoms with van der Waals surface area (Å²) >= 11 is 0. The molecule has 1 aliphatic heterocycles. The van der Waals surface area contributed by atoms with Crippen molar-refractivity contribution in [2.45, 2.75) is 13.0 Å². The van der Waals surface area contributed by atoms with Crippen LogP contribution in [0, 0.1) is 23.2 Å². The number of piperazine rings is 1.